The first-order chi connectivity index (χ1) is 9.69. The van der Waals surface area contributed by atoms with Crippen molar-refractivity contribution < 1.29 is 0 Å². The van der Waals surface area contributed by atoms with E-state index < -0.39 is 0 Å². The summed E-state index contributed by atoms with van der Waals surface area (Å²) in [4.78, 5) is 2.09. The largest absolute Gasteiger partial charge is 0.303 e. The van der Waals surface area contributed by atoms with Crippen molar-refractivity contribution in [2.45, 2.75) is 39.2 Å². The van der Waals surface area contributed by atoms with Crippen LogP contribution in [0.3, 0.4) is 0 Å². The fraction of sp³-hybridized carbons (Fsp3) is 0.500. The molecule has 0 saturated carbocycles. The van der Waals surface area contributed by atoms with E-state index in [0.717, 1.165) is 24.3 Å². The van der Waals surface area contributed by atoms with Gasteiger partial charge in [-0.05, 0) is 44.6 Å². The number of hydrogen-bond donors (Lipinski definition) is 0. The normalized spacial score (nSPS) is 11.2. The van der Waals surface area contributed by atoms with E-state index in [4.69, 9.17) is 0 Å². The van der Waals surface area contributed by atoms with Crippen LogP contribution >= 0.6 is 0 Å². The van der Waals surface area contributed by atoms with E-state index >= 15 is 0 Å². The van der Waals surface area contributed by atoms with Crippen molar-refractivity contribution in [2.75, 3.05) is 14.1 Å². The smallest absolute Gasteiger partial charge is 0.0971 e. The Morgan fingerprint density at radius 3 is 2.50 bits per heavy atom. The second kappa shape index (κ2) is 7.20. The van der Waals surface area contributed by atoms with Crippen molar-refractivity contribution >= 4 is 0 Å². The summed E-state index contributed by atoms with van der Waals surface area (Å²) < 4.78 is 1.84. The van der Waals surface area contributed by atoms with Gasteiger partial charge in [0.05, 0.1) is 17.6 Å². The third kappa shape index (κ3) is 4.17. The highest BCUT2D eigenvalue weighted by molar-refractivity contribution is 5.33. The lowest BCUT2D eigenvalue weighted by Gasteiger charge is -2.05. The fourth-order valence-electron chi connectivity index (χ4n) is 2.22. The van der Waals surface area contributed by atoms with Crippen molar-refractivity contribution in [1.29, 1.82) is 0 Å². The summed E-state index contributed by atoms with van der Waals surface area (Å²) in [5, 5.41) is 8.37. The Balaban J connectivity index is 2.00. The quantitative estimate of drug-likeness (QED) is 0.726. The highest BCUT2D eigenvalue weighted by Crippen LogP contribution is 2.12. The Labute approximate surface area is 121 Å². The molecule has 0 saturated heterocycles. The van der Waals surface area contributed by atoms with Gasteiger partial charge in [0.1, 0.15) is 0 Å². The Morgan fingerprint density at radius 2 is 1.85 bits per heavy atom. The first-order valence-electron chi connectivity index (χ1n) is 7.34. The molecule has 4 heteroatoms. The maximum Gasteiger partial charge on any atom is 0.0971 e. The lowest BCUT2D eigenvalue weighted by Crippen LogP contribution is -2.10. The second-order valence-corrected chi connectivity index (χ2v) is 5.52. The predicted octanol–water partition coefficient (Wildman–Crippen LogP) is 3.06. The molecule has 0 radical (unpaired) electrons. The van der Waals surface area contributed by atoms with Crippen LogP contribution < -0.4 is 0 Å². The van der Waals surface area contributed by atoms with Gasteiger partial charge in [-0.15, -0.1) is 5.10 Å². The summed E-state index contributed by atoms with van der Waals surface area (Å²) in [5.74, 6) is 0. The monoisotopic (exact) mass is 272 g/mol. The Hall–Kier alpha value is -1.68. The molecule has 0 aliphatic carbocycles. The number of nitrogens with zero attached hydrogens (tertiary/aromatic N) is 4. The Kier molecular flexibility index (Phi) is 5.30. The number of unbranched alkanes of at least 4 members (excludes halogenated alkanes) is 2. The first-order valence-corrected chi connectivity index (χ1v) is 7.34. The van der Waals surface area contributed by atoms with Gasteiger partial charge in [0.25, 0.3) is 0 Å². The van der Waals surface area contributed by atoms with Gasteiger partial charge in [0, 0.05) is 6.54 Å². The number of aromatic nitrogens is 3. The molecule has 20 heavy (non-hydrogen) atoms. The van der Waals surface area contributed by atoms with Gasteiger partial charge in [0.15, 0.2) is 0 Å². The van der Waals surface area contributed by atoms with Gasteiger partial charge in [-0.25, -0.2) is 4.68 Å². The summed E-state index contributed by atoms with van der Waals surface area (Å²) >= 11 is 0. The SMILES string of the molecule is CCCCCc1ccc(-n2cc(CN(C)C)nn2)cc1. The van der Waals surface area contributed by atoms with Gasteiger partial charge in [-0.2, -0.15) is 0 Å². The van der Waals surface area contributed by atoms with Crippen molar-refractivity contribution in [3.8, 4) is 5.69 Å². The zero-order chi connectivity index (χ0) is 14.4. The van der Waals surface area contributed by atoms with Crippen LogP contribution in [0.4, 0.5) is 0 Å². The summed E-state index contributed by atoms with van der Waals surface area (Å²) in [7, 11) is 4.06. The molecule has 0 aliphatic rings. The minimum Gasteiger partial charge on any atom is -0.303 e. The maximum atomic E-state index is 4.19. The molecule has 1 aromatic heterocycles. The summed E-state index contributed by atoms with van der Waals surface area (Å²) in [5.41, 5.74) is 3.46. The molecule has 2 aromatic rings. The molecular weight excluding hydrogens is 248 g/mol. The van der Waals surface area contributed by atoms with Crippen molar-refractivity contribution in [3.05, 3.63) is 41.7 Å². The van der Waals surface area contributed by atoms with E-state index in [2.05, 4.69) is 46.4 Å². The lowest BCUT2D eigenvalue weighted by atomic mass is 10.1. The van der Waals surface area contributed by atoms with Crippen LogP contribution in [-0.2, 0) is 13.0 Å². The zero-order valence-corrected chi connectivity index (χ0v) is 12.7. The van der Waals surface area contributed by atoms with E-state index in [1.54, 1.807) is 0 Å². The molecule has 0 amide bonds. The number of benzene rings is 1. The molecule has 2 rings (SSSR count). The molecule has 0 bridgehead atoms. The van der Waals surface area contributed by atoms with Crippen LogP contribution in [0.2, 0.25) is 0 Å². The predicted molar refractivity (Wildman–Crippen MR) is 82.0 cm³/mol. The summed E-state index contributed by atoms with van der Waals surface area (Å²) in [6.07, 6.45) is 7.00. The molecule has 0 fully saturated rings. The van der Waals surface area contributed by atoms with Crippen LogP contribution in [0.25, 0.3) is 5.69 Å². The Bertz CT molecular complexity index is 514. The van der Waals surface area contributed by atoms with Gasteiger partial charge in [-0.1, -0.05) is 37.1 Å². The topological polar surface area (TPSA) is 34.0 Å². The third-order valence-corrected chi connectivity index (χ3v) is 3.29. The number of aryl methyl sites for hydroxylation is 1. The second-order valence-electron chi connectivity index (χ2n) is 5.52. The average Bonchev–Trinajstić information content (AvgIpc) is 2.87. The summed E-state index contributed by atoms with van der Waals surface area (Å²) in [6, 6.07) is 8.63. The van der Waals surface area contributed by atoms with Gasteiger partial charge < -0.3 is 4.90 Å². The van der Waals surface area contributed by atoms with E-state index in [1.165, 1.54) is 24.8 Å². The fourth-order valence-corrected chi connectivity index (χ4v) is 2.22. The number of hydrogen-bond acceptors (Lipinski definition) is 3. The highest BCUT2D eigenvalue weighted by atomic mass is 15.4. The molecule has 1 aromatic carbocycles. The van der Waals surface area contributed by atoms with Crippen LogP contribution in [0.1, 0.15) is 37.4 Å². The van der Waals surface area contributed by atoms with Gasteiger partial charge in [-0.3, -0.25) is 0 Å². The summed E-state index contributed by atoms with van der Waals surface area (Å²) in [6.45, 7) is 3.05. The van der Waals surface area contributed by atoms with Crippen LogP contribution in [-0.4, -0.2) is 34.0 Å². The molecule has 0 atom stereocenters. The highest BCUT2D eigenvalue weighted by Gasteiger charge is 2.04. The Morgan fingerprint density at radius 1 is 1.10 bits per heavy atom. The third-order valence-electron chi connectivity index (χ3n) is 3.29. The van der Waals surface area contributed by atoms with Crippen LogP contribution in [0, 0.1) is 0 Å². The van der Waals surface area contributed by atoms with Crippen molar-refractivity contribution in [1.82, 2.24) is 19.9 Å². The molecule has 0 N–H and O–H groups in total. The molecule has 4 nitrogen and oxygen atoms in total. The van der Waals surface area contributed by atoms with Gasteiger partial charge in [0.2, 0.25) is 0 Å². The number of rotatable bonds is 7. The molecule has 0 unspecified atom stereocenters. The first kappa shape index (κ1) is 14.7. The van der Waals surface area contributed by atoms with E-state index in [0.29, 0.717) is 0 Å². The minimum atomic E-state index is 0.815. The standard InChI is InChI=1S/C16H24N4/c1-4-5-6-7-14-8-10-16(11-9-14)20-13-15(17-18-20)12-19(2)3/h8-11,13H,4-7,12H2,1-3H3. The van der Waals surface area contributed by atoms with E-state index in [1.807, 2.05) is 25.0 Å². The molecular formula is C16H24N4. The maximum absolute atomic E-state index is 4.19. The van der Waals surface area contributed by atoms with Crippen molar-refractivity contribution in [2.24, 2.45) is 0 Å². The van der Waals surface area contributed by atoms with Crippen LogP contribution in [0.15, 0.2) is 30.5 Å². The zero-order valence-electron chi connectivity index (χ0n) is 12.7. The average molecular weight is 272 g/mol. The molecule has 0 aliphatic heterocycles. The van der Waals surface area contributed by atoms with Gasteiger partial charge >= 0.3 is 0 Å². The minimum absolute atomic E-state index is 0.815. The van der Waals surface area contributed by atoms with Crippen LogP contribution in [0.5, 0.6) is 0 Å². The van der Waals surface area contributed by atoms with Crippen molar-refractivity contribution in [3.63, 3.8) is 0 Å². The van der Waals surface area contributed by atoms with E-state index in [-0.39, 0.29) is 0 Å². The molecule has 1 heterocycles. The molecule has 108 valence electrons. The van der Waals surface area contributed by atoms with E-state index in [9.17, 15) is 0 Å². The lowest BCUT2D eigenvalue weighted by molar-refractivity contribution is 0.396. The molecule has 0 spiro atoms.